The van der Waals surface area contributed by atoms with Crippen molar-refractivity contribution in [2.24, 2.45) is 35.5 Å². The molecule has 6 unspecified atom stereocenters. The number of rotatable bonds is 0. The number of Topliss-reactive ketones (excluding diaryl/α,β-unsaturated/α-hetero) is 2. The molecule has 2 heteroatoms. The fourth-order valence-corrected chi connectivity index (χ4v) is 5.09. The van der Waals surface area contributed by atoms with Crippen molar-refractivity contribution in [1.29, 1.82) is 0 Å². The molecule has 5 aliphatic carbocycles. The highest BCUT2D eigenvalue weighted by Gasteiger charge is 2.65. The van der Waals surface area contributed by atoms with Crippen LogP contribution in [-0.4, -0.2) is 11.6 Å². The zero-order valence-corrected chi connectivity index (χ0v) is 8.11. The van der Waals surface area contributed by atoms with Crippen LogP contribution in [0.3, 0.4) is 0 Å². The maximum atomic E-state index is 11.8. The summed E-state index contributed by atoms with van der Waals surface area (Å²) in [4.78, 5) is 23.7. The van der Waals surface area contributed by atoms with Crippen molar-refractivity contribution < 1.29 is 9.59 Å². The number of hydrogen-bond acceptors (Lipinski definition) is 2. The van der Waals surface area contributed by atoms with Gasteiger partial charge in [-0.25, -0.2) is 0 Å². The van der Waals surface area contributed by atoms with Crippen molar-refractivity contribution in [1.82, 2.24) is 0 Å². The average Bonchev–Trinajstić information content (AvgIpc) is 2.61. The smallest absolute Gasteiger partial charge is 0.137 e. The molecule has 14 heavy (non-hydrogen) atoms. The van der Waals surface area contributed by atoms with Crippen molar-refractivity contribution in [2.75, 3.05) is 0 Å². The van der Waals surface area contributed by atoms with Crippen LogP contribution < -0.4 is 0 Å². The molecule has 5 aliphatic rings. The highest BCUT2D eigenvalue weighted by atomic mass is 16.1. The van der Waals surface area contributed by atoms with E-state index in [0.717, 1.165) is 12.8 Å². The van der Waals surface area contributed by atoms with Gasteiger partial charge in [-0.3, -0.25) is 9.59 Å². The Morgan fingerprint density at radius 2 is 1.14 bits per heavy atom. The molecule has 74 valence electrons. The van der Waals surface area contributed by atoms with Gasteiger partial charge in [-0.15, -0.1) is 0 Å². The Balaban J connectivity index is 1.91. The van der Waals surface area contributed by atoms with E-state index in [1.807, 2.05) is 0 Å². The van der Waals surface area contributed by atoms with E-state index < -0.39 is 0 Å². The third-order valence-electron chi connectivity index (χ3n) is 5.41. The first-order valence-corrected chi connectivity index (χ1v) is 5.83. The summed E-state index contributed by atoms with van der Waals surface area (Å²) in [7, 11) is 0. The quantitative estimate of drug-likeness (QED) is 0.579. The molecule has 6 atom stereocenters. The van der Waals surface area contributed by atoms with Crippen molar-refractivity contribution >= 4 is 11.6 Å². The van der Waals surface area contributed by atoms with E-state index >= 15 is 0 Å². The van der Waals surface area contributed by atoms with E-state index in [4.69, 9.17) is 0 Å². The summed E-state index contributed by atoms with van der Waals surface area (Å²) in [6.07, 6.45) is 4.07. The molecule has 6 bridgehead atoms. The number of carbonyl (C=O) groups excluding carboxylic acids is 2. The van der Waals surface area contributed by atoms with Crippen LogP contribution in [0.5, 0.6) is 0 Å². The lowest BCUT2D eigenvalue weighted by Crippen LogP contribution is -2.43. The zero-order chi connectivity index (χ0) is 9.45. The summed E-state index contributed by atoms with van der Waals surface area (Å²) in [6.45, 7) is 0. The second kappa shape index (κ2) is 2.12. The van der Waals surface area contributed by atoms with Crippen LogP contribution in [-0.2, 0) is 9.59 Å². The van der Waals surface area contributed by atoms with Gasteiger partial charge < -0.3 is 0 Å². The summed E-state index contributed by atoms with van der Waals surface area (Å²) in [5.74, 6) is 3.61. The lowest BCUT2D eigenvalue weighted by molar-refractivity contribution is -0.133. The summed E-state index contributed by atoms with van der Waals surface area (Å²) in [5.41, 5.74) is 0. The molecule has 0 amide bonds. The van der Waals surface area contributed by atoms with Gasteiger partial charge in [0, 0.05) is 24.7 Å². The third kappa shape index (κ3) is 0.617. The third-order valence-corrected chi connectivity index (χ3v) is 5.41. The first-order valence-electron chi connectivity index (χ1n) is 5.83. The van der Waals surface area contributed by atoms with E-state index in [2.05, 4.69) is 0 Å². The fourth-order valence-electron chi connectivity index (χ4n) is 5.09. The first kappa shape index (κ1) is 7.61. The van der Waals surface area contributed by atoms with Crippen LogP contribution in [0.25, 0.3) is 0 Å². The monoisotopic (exact) mass is 190 g/mol. The average molecular weight is 190 g/mol. The molecule has 0 aliphatic heterocycles. The molecular formula is C12H14O2. The van der Waals surface area contributed by atoms with E-state index in [1.165, 1.54) is 12.8 Å². The lowest BCUT2D eigenvalue weighted by atomic mass is 9.57. The van der Waals surface area contributed by atoms with Gasteiger partial charge in [-0.05, 0) is 36.5 Å². The van der Waals surface area contributed by atoms with Crippen molar-refractivity contribution in [3.05, 3.63) is 0 Å². The van der Waals surface area contributed by atoms with Gasteiger partial charge in [0.05, 0.1) is 0 Å². The predicted molar refractivity (Wildman–Crippen MR) is 49.4 cm³/mol. The summed E-state index contributed by atoms with van der Waals surface area (Å²) in [5, 5.41) is 0. The topological polar surface area (TPSA) is 34.1 Å². The van der Waals surface area contributed by atoms with E-state index in [0.29, 0.717) is 35.2 Å². The fraction of sp³-hybridized carbons (Fsp3) is 0.833. The molecular weight excluding hydrogens is 176 g/mol. The summed E-state index contributed by atoms with van der Waals surface area (Å²) in [6, 6.07) is 0. The minimum absolute atomic E-state index is 0.171. The summed E-state index contributed by atoms with van der Waals surface area (Å²) < 4.78 is 0. The molecule has 2 nitrogen and oxygen atoms in total. The molecule has 5 saturated carbocycles. The van der Waals surface area contributed by atoms with Gasteiger partial charge in [0.25, 0.3) is 0 Å². The molecule has 0 spiro atoms. The maximum absolute atomic E-state index is 11.8. The van der Waals surface area contributed by atoms with Gasteiger partial charge in [-0.2, -0.15) is 0 Å². The molecule has 0 radical (unpaired) electrons. The van der Waals surface area contributed by atoms with Crippen LogP contribution in [0.1, 0.15) is 25.7 Å². The SMILES string of the molecule is O=C1CC2C3CC(=O)C4C3CCC2C14. The van der Waals surface area contributed by atoms with Crippen LogP contribution in [0, 0.1) is 35.5 Å². The minimum atomic E-state index is 0.171. The number of ketones is 2. The van der Waals surface area contributed by atoms with Gasteiger partial charge in [0.2, 0.25) is 0 Å². The van der Waals surface area contributed by atoms with Crippen molar-refractivity contribution in [2.45, 2.75) is 25.7 Å². The highest BCUT2D eigenvalue weighted by molar-refractivity contribution is 5.95. The standard InChI is InChI=1S/C12H14O2/c13-9-3-7-5-1-2-6-8(7)4-10(14)12(6)11(5)9/h5-8,11-12H,1-4H2. The second-order valence-electron chi connectivity index (χ2n) is 5.63. The molecule has 5 fully saturated rings. The Morgan fingerprint density at radius 3 is 1.57 bits per heavy atom. The zero-order valence-electron chi connectivity index (χ0n) is 8.11. The molecule has 0 N–H and O–H groups in total. The predicted octanol–water partition coefficient (Wildman–Crippen LogP) is 1.44. The molecule has 0 aromatic rings. The Kier molecular flexibility index (Phi) is 1.15. The maximum Gasteiger partial charge on any atom is 0.137 e. The molecule has 0 saturated heterocycles. The number of carbonyl (C=O) groups is 2. The molecule has 0 aromatic carbocycles. The Bertz CT molecular complexity index is 308. The number of hydrogen-bond donors (Lipinski definition) is 0. The number of fused-ring (bicyclic) bond motifs is 1. The first-order chi connectivity index (χ1) is 6.77. The van der Waals surface area contributed by atoms with Gasteiger partial charge in [0.15, 0.2) is 0 Å². The van der Waals surface area contributed by atoms with Crippen molar-refractivity contribution in [3.8, 4) is 0 Å². The van der Waals surface area contributed by atoms with E-state index in [1.54, 1.807) is 0 Å². The van der Waals surface area contributed by atoms with Crippen LogP contribution in [0.4, 0.5) is 0 Å². The lowest BCUT2D eigenvalue weighted by Gasteiger charge is -2.45. The molecule has 0 heterocycles. The Labute approximate surface area is 83.1 Å². The second-order valence-corrected chi connectivity index (χ2v) is 5.63. The van der Waals surface area contributed by atoms with E-state index in [9.17, 15) is 9.59 Å². The van der Waals surface area contributed by atoms with E-state index in [-0.39, 0.29) is 11.8 Å². The van der Waals surface area contributed by atoms with Crippen LogP contribution >= 0.6 is 0 Å². The van der Waals surface area contributed by atoms with Crippen molar-refractivity contribution in [3.63, 3.8) is 0 Å². The Hall–Kier alpha value is -0.660. The van der Waals surface area contributed by atoms with Gasteiger partial charge >= 0.3 is 0 Å². The Morgan fingerprint density at radius 1 is 0.714 bits per heavy atom. The highest BCUT2D eigenvalue weighted by Crippen LogP contribution is 2.65. The molecule has 0 aromatic heterocycles. The van der Waals surface area contributed by atoms with Gasteiger partial charge in [0.1, 0.15) is 11.6 Å². The normalized spacial score (nSPS) is 58.6. The largest absolute Gasteiger partial charge is 0.299 e. The minimum Gasteiger partial charge on any atom is -0.299 e. The molecule has 5 rings (SSSR count). The van der Waals surface area contributed by atoms with Crippen LogP contribution in [0.2, 0.25) is 0 Å². The summed E-state index contributed by atoms with van der Waals surface area (Å²) >= 11 is 0. The van der Waals surface area contributed by atoms with Gasteiger partial charge in [-0.1, -0.05) is 0 Å². The van der Waals surface area contributed by atoms with Crippen LogP contribution in [0.15, 0.2) is 0 Å².